The third-order valence-corrected chi connectivity index (χ3v) is 5.02. The van der Waals surface area contributed by atoms with Crippen LogP contribution in [0.3, 0.4) is 0 Å². The Bertz CT molecular complexity index is 501. The van der Waals surface area contributed by atoms with E-state index in [-0.39, 0.29) is 17.6 Å². The van der Waals surface area contributed by atoms with Crippen molar-refractivity contribution in [1.82, 2.24) is 9.62 Å². The lowest BCUT2D eigenvalue weighted by molar-refractivity contribution is 0.283. The van der Waals surface area contributed by atoms with E-state index < -0.39 is 10.0 Å². The molecule has 1 aliphatic rings. The molecule has 1 aliphatic heterocycles. The summed E-state index contributed by atoms with van der Waals surface area (Å²) >= 11 is 0. The maximum atomic E-state index is 12.8. The number of hydrogen-bond donors (Lipinski definition) is 1. The summed E-state index contributed by atoms with van der Waals surface area (Å²) in [6.45, 7) is 3.72. The van der Waals surface area contributed by atoms with Gasteiger partial charge in [0.15, 0.2) is 0 Å². The number of nitrogens with one attached hydrogen (secondary N) is 1. The van der Waals surface area contributed by atoms with Crippen LogP contribution in [0, 0.1) is 5.82 Å². The van der Waals surface area contributed by atoms with Crippen LogP contribution in [0.25, 0.3) is 0 Å². The van der Waals surface area contributed by atoms with E-state index in [9.17, 15) is 12.8 Å². The number of hydrogen-bond acceptors (Lipinski definition) is 3. The van der Waals surface area contributed by atoms with E-state index in [2.05, 4.69) is 5.32 Å². The molecule has 1 atom stereocenters. The first-order valence-electron chi connectivity index (χ1n) is 5.94. The number of nitrogens with zero attached hydrogens (tertiary/aromatic N) is 1. The molecule has 0 radical (unpaired) electrons. The number of sulfonamides is 1. The van der Waals surface area contributed by atoms with E-state index >= 15 is 0 Å². The molecule has 1 saturated heterocycles. The van der Waals surface area contributed by atoms with E-state index in [1.807, 2.05) is 6.92 Å². The van der Waals surface area contributed by atoms with Gasteiger partial charge in [-0.1, -0.05) is 12.1 Å². The molecule has 0 amide bonds. The highest BCUT2D eigenvalue weighted by Gasteiger charge is 2.29. The van der Waals surface area contributed by atoms with Crippen LogP contribution in [0.1, 0.15) is 12.5 Å². The minimum atomic E-state index is -3.33. The monoisotopic (exact) mass is 272 g/mol. The quantitative estimate of drug-likeness (QED) is 0.891. The molecule has 100 valence electrons. The topological polar surface area (TPSA) is 49.4 Å². The Hall–Kier alpha value is -0.980. The second kappa shape index (κ2) is 5.34. The van der Waals surface area contributed by atoms with Crippen molar-refractivity contribution in [2.45, 2.75) is 18.7 Å². The van der Waals surface area contributed by atoms with Crippen LogP contribution < -0.4 is 5.32 Å². The summed E-state index contributed by atoms with van der Waals surface area (Å²) in [7, 11) is -3.33. The summed E-state index contributed by atoms with van der Waals surface area (Å²) in [5.41, 5.74) is 0.613. The lowest BCUT2D eigenvalue weighted by Gasteiger charge is -2.32. The third kappa shape index (κ3) is 3.07. The average molecular weight is 272 g/mol. The van der Waals surface area contributed by atoms with Crippen LogP contribution >= 0.6 is 0 Å². The highest BCUT2D eigenvalue weighted by molar-refractivity contribution is 7.88. The summed E-state index contributed by atoms with van der Waals surface area (Å²) in [5, 5.41) is 3.15. The molecule has 1 aromatic carbocycles. The second-order valence-electron chi connectivity index (χ2n) is 4.55. The lowest BCUT2D eigenvalue weighted by Crippen LogP contribution is -2.52. The highest BCUT2D eigenvalue weighted by atomic mass is 32.2. The van der Waals surface area contributed by atoms with Gasteiger partial charge in [0.25, 0.3) is 0 Å². The van der Waals surface area contributed by atoms with Gasteiger partial charge in [0.05, 0.1) is 5.75 Å². The Kier molecular flexibility index (Phi) is 3.99. The van der Waals surface area contributed by atoms with Crippen molar-refractivity contribution in [2.75, 3.05) is 19.6 Å². The fraction of sp³-hybridized carbons (Fsp3) is 0.500. The largest absolute Gasteiger partial charge is 0.314 e. The van der Waals surface area contributed by atoms with Gasteiger partial charge in [-0.2, -0.15) is 4.31 Å². The molecule has 0 saturated carbocycles. The normalized spacial score (nSPS) is 22.0. The Balaban J connectivity index is 2.13. The average Bonchev–Trinajstić information content (AvgIpc) is 2.32. The van der Waals surface area contributed by atoms with Crippen molar-refractivity contribution in [3.8, 4) is 0 Å². The number of benzene rings is 1. The zero-order valence-corrected chi connectivity index (χ0v) is 11.1. The molecule has 0 aromatic heterocycles. The fourth-order valence-corrected chi connectivity index (χ4v) is 3.88. The number of piperazine rings is 1. The first-order valence-corrected chi connectivity index (χ1v) is 7.54. The van der Waals surface area contributed by atoms with Gasteiger partial charge < -0.3 is 5.32 Å². The van der Waals surface area contributed by atoms with E-state index in [1.165, 1.54) is 28.6 Å². The Labute approximate surface area is 107 Å². The van der Waals surface area contributed by atoms with Crippen LogP contribution in [-0.4, -0.2) is 38.4 Å². The predicted molar refractivity (Wildman–Crippen MR) is 68.1 cm³/mol. The summed E-state index contributed by atoms with van der Waals surface area (Å²) in [5.74, 6) is -0.427. The molecular weight excluding hydrogens is 255 g/mol. The summed E-state index contributed by atoms with van der Waals surface area (Å²) in [4.78, 5) is 0. The van der Waals surface area contributed by atoms with Gasteiger partial charge in [0, 0.05) is 25.7 Å². The van der Waals surface area contributed by atoms with E-state index in [4.69, 9.17) is 0 Å². The standard InChI is InChI=1S/C12H17FN2O2S/c1-10-8-14-6-7-15(10)18(16,17)9-11-2-4-12(13)5-3-11/h2-5,10,14H,6-9H2,1H3. The van der Waals surface area contributed by atoms with Crippen molar-refractivity contribution in [1.29, 1.82) is 0 Å². The zero-order chi connectivity index (χ0) is 13.2. The number of rotatable bonds is 3. The first-order chi connectivity index (χ1) is 8.49. The molecule has 2 rings (SSSR count). The Morgan fingerprint density at radius 2 is 2.06 bits per heavy atom. The lowest BCUT2D eigenvalue weighted by atomic mass is 10.2. The fourth-order valence-electron chi connectivity index (χ4n) is 2.11. The van der Waals surface area contributed by atoms with Gasteiger partial charge in [-0.3, -0.25) is 0 Å². The first kappa shape index (κ1) is 13.5. The molecule has 1 heterocycles. The van der Waals surface area contributed by atoms with E-state index in [1.54, 1.807) is 0 Å². The second-order valence-corrected chi connectivity index (χ2v) is 6.47. The van der Waals surface area contributed by atoms with Crippen LogP contribution in [0.5, 0.6) is 0 Å². The third-order valence-electron chi connectivity index (χ3n) is 3.06. The molecule has 1 fully saturated rings. The van der Waals surface area contributed by atoms with Crippen molar-refractivity contribution < 1.29 is 12.8 Å². The van der Waals surface area contributed by atoms with Gasteiger partial charge >= 0.3 is 0 Å². The summed E-state index contributed by atoms with van der Waals surface area (Å²) in [6, 6.07) is 5.56. The molecule has 0 bridgehead atoms. The van der Waals surface area contributed by atoms with Gasteiger partial charge in [-0.05, 0) is 24.6 Å². The van der Waals surface area contributed by atoms with Crippen LogP contribution in [0.15, 0.2) is 24.3 Å². The molecule has 0 aliphatic carbocycles. The smallest absolute Gasteiger partial charge is 0.218 e. The summed E-state index contributed by atoms with van der Waals surface area (Å²) < 4.78 is 38.8. The van der Waals surface area contributed by atoms with E-state index in [0.29, 0.717) is 25.2 Å². The van der Waals surface area contributed by atoms with Crippen LogP contribution in [0.4, 0.5) is 4.39 Å². The Morgan fingerprint density at radius 1 is 1.39 bits per heavy atom. The van der Waals surface area contributed by atoms with Gasteiger partial charge in [-0.25, -0.2) is 12.8 Å². The minimum Gasteiger partial charge on any atom is -0.314 e. The van der Waals surface area contributed by atoms with Gasteiger partial charge in [0.1, 0.15) is 5.82 Å². The molecule has 18 heavy (non-hydrogen) atoms. The maximum Gasteiger partial charge on any atom is 0.218 e. The molecule has 0 spiro atoms. The molecule has 1 N–H and O–H groups in total. The van der Waals surface area contributed by atoms with Crippen LogP contribution in [0.2, 0.25) is 0 Å². The number of halogens is 1. The predicted octanol–water partition coefficient (Wildman–Crippen LogP) is 0.949. The molecule has 1 unspecified atom stereocenters. The Morgan fingerprint density at radius 3 is 2.67 bits per heavy atom. The SMILES string of the molecule is CC1CNCCN1S(=O)(=O)Cc1ccc(F)cc1. The highest BCUT2D eigenvalue weighted by Crippen LogP contribution is 2.15. The molecule has 4 nitrogen and oxygen atoms in total. The molecule has 1 aromatic rings. The van der Waals surface area contributed by atoms with Crippen molar-refractivity contribution in [3.63, 3.8) is 0 Å². The summed E-state index contributed by atoms with van der Waals surface area (Å²) in [6.07, 6.45) is 0. The maximum absolute atomic E-state index is 12.8. The van der Waals surface area contributed by atoms with Crippen molar-refractivity contribution in [3.05, 3.63) is 35.6 Å². The van der Waals surface area contributed by atoms with Gasteiger partial charge in [-0.15, -0.1) is 0 Å². The molecular formula is C12H17FN2O2S. The zero-order valence-electron chi connectivity index (χ0n) is 10.3. The molecule has 6 heteroatoms. The van der Waals surface area contributed by atoms with Gasteiger partial charge in [0.2, 0.25) is 10.0 Å². The van der Waals surface area contributed by atoms with Crippen molar-refractivity contribution in [2.24, 2.45) is 0 Å². The minimum absolute atomic E-state index is 0.0378. The van der Waals surface area contributed by atoms with E-state index in [0.717, 1.165) is 0 Å². The van der Waals surface area contributed by atoms with Crippen molar-refractivity contribution >= 4 is 10.0 Å². The van der Waals surface area contributed by atoms with Crippen LogP contribution in [-0.2, 0) is 15.8 Å².